The van der Waals surface area contributed by atoms with Gasteiger partial charge >= 0.3 is 0 Å². The van der Waals surface area contributed by atoms with Crippen molar-refractivity contribution in [2.24, 2.45) is 5.73 Å². The Hall–Kier alpha value is -2.80. The smallest absolute Gasteiger partial charge is 0.292 e. The summed E-state index contributed by atoms with van der Waals surface area (Å²) in [4.78, 5) is 11.3. The monoisotopic (exact) mass is 238 g/mol. The maximum atomic E-state index is 11.3. The van der Waals surface area contributed by atoms with Gasteiger partial charge in [0.25, 0.3) is 6.26 Å². The molecule has 2 aromatic carbocycles. The predicted octanol–water partition coefficient (Wildman–Crippen LogP) is 2.31. The number of hydrogen-bond acceptors (Lipinski definition) is 3. The van der Waals surface area contributed by atoms with E-state index in [0.717, 1.165) is 11.1 Å². The van der Waals surface area contributed by atoms with Crippen molar-refractivity contribution in [3.05, 3.63) is 54.1 Å². The first-order valence-electron chi connectivity index (χ1n) is 5.27. The van der Waals surface area contributed by atoms with Gasteiger partial charge in [-0.2, -0.15) is 0 Å². The zero-order valence-corrected chi connectivity index (χ0v) is 9.46. The third-order valence-corrected chi connectivity index (χ3v) is 2.52. The average Bonchev–Trinajstić information content (AvgIpc) is 2.40. The minimum absolute atomic E-state index is 0.456. The van der Waals surface area contributed by atoms with E-state index in [0.29, 0.717) is 11.3 Å². The van der Waals surface area contributed by atoms with Crippen LogP contribution in [0.15, 0.2) is 48.5 Å². The van der Waals surface area contributed by atoms with Crippen molar-refractivity contribution in [1.82, 2.24) is 0 Å². The van der Waals surface area contributed by atoms with Gasteiger partial charge in [0.05, 0.1) is 0 Å². The van der Waals surface area contributed by atoms with Crippen molar-refractivity contribution in [2.45, 2.75) is 0 Å². The molecule has 0 unspecified atom stereocenters. The van der Waals surface area contributed by atoms with Gasteiger partial charge in [-0.25, -0.2) is 0 Å². The highest BCUT2D eigenvalue weighted by Crippen LogP contribution is 2.25. The van der Waals surface area contributed by atoms with Crippen molar-refractivity contribution in [3.8, 4) is 23.1 Å². The summed E-state index contributed by atoms with van der Waals surface area (Å²) in [5, 5.41) is 8.39. The second-order valence-electron chi connectivity index (χ2n) is 3.63. The number of benzene rings is 2. The summed E-state index contributed by atoms with van der Waals surface area (Å²) >= 11 is 0. The van der Waals surface area contributed by atoms with E-state index in [4.69, 9.17) is 11.0 Å². The highest BCUT2D eigenvalue weighted by atomic mass is 16.5. The number of rotatable bonds is 3. The quantitative estimate of drug-likeness (QED) is 0.833. The molecule has 0 bridgehead atoms. The van der Waals surface area contributed by atoms with Gasteiger partial charge in [0.15, 0.2) is 0 Å². The standard InChI is InChI=1S/C14H10N2O2/c15-9-18-11-7-5-10(6-8-11)12-3-1-2-4-13(12)14(16)17/h1-8H,(H2,16,17). The van der Waals surface area contributed by atoms with E-state index in [2.05, 4.69) is 4.74 Å². The Morgan fingerprint density at radius 1 is 1.11 bits per heavy atom. The average molecular weight is 238 g/mol. The lowest BCUT2D eigenvalue weighted by atomic mass is 9.99. The second kappa shape index (κ2) is 5.02. The van der Waals surface area contributed by atoms with E-state index < -0.39 is 5.91 Å². The second-order valence-corrected chi connectivity index (χ2v) is 3.63. The SMILES string of the molecule is N#COc1ccc(-c2ccccc2C(N)=O)cc1. The van der Waals surface area contributed by atoms with Gasteiger partial charge in [0, 0.05) is 5.56 Å². The van der Waals surface area contributed by atoms with E-state index in [9.17, 15) is 4.79 Å². The Bertz CT molecular complexity index is 612. The van der Waals surface area contributed by atoms with Crippen LogP contribution >= 0.6 is 0 Å². The van der Waals surface area contributed by atoms with Gasteiger partial charge < -0.3 is 10.5 Å². The van der Waals surface area contributed by atoms with Crippen LogP contribution in [0.25, 0.3) is 11.1 Å². The fraction of sp³-hybridized carbons (Fsp3) is 0. The zero-order valence-electron chi connectivity index (χ0n) is 9.46. The Morgan fingerprint density at radius 3 is 2.39 bits per heavy atom. The molecule has 2 aromatic rings. The Balaban J connectivity index is 2.43. The summed E-state index contributed by atoms with van der Waals surface area (Å²) in [6.07, 6.45) is 1.60. The summed E-state index contributed by atoms with van der Waals surface area (Å²) in [7, 11) is 0. The van der Waals surface area contributed by atoms with Gasteiger partial charge in [0.1, 0.15) is 5.75 Å². The molecule has 1 amide bonds. The van der Waals surface area contributed by atoms with E-state index in [1.165, 1.54) is 0 Å². The molecule has 0 fully saturated rings. The first kappa shape index (κ1) is 11.7. The molecule has 4 heteroatoms. The van der Waals surface area contributed by atoms with Crippen LogP contribution in [0.2, 0.25) is 0 Å². The fourth-order valence-electron chi connectivity index (χ4n) is 1.70. The minimum atomic E-state index is -0.469. The molecule has 2 N–H and O–H groups in total. The number of amides is 1. The number of ether oxygens (including phenoxy) is 1. The molecule has 0 aliphatic rings. The number of carbonyl (C=O) groups excluding carboxylic acids is 1. The molecule has 0 saturated carbocycles. The Morgan fingerprint density at radius 2 is 1.78 bits per heavy atom. The van der Waals surface area contributed by atoms with E-state index >= 15 is 0 Å². The van der Waals surface area contributed by atoms with Crippen molar-refractivity contribution >= 4 is 5.91 Å². The van der Waals surface area contributed by atoms with Crippen LogP contribution in [-0.4, -0.2) is 5.91 Å². The molecular formula is C14H10N2O2. The first-order chi connectivity index (χ1) is 8.72. The number of nitriles is 1. The number of hydrogen-bond donors (Lipinski definition) is 1. The normalized spacial score (nSPS) is 9.50. The minimum Gasteiger partial charge on any atom is -0.388 e. The number of nitrogens with two attached hydrogens (primary N) is 1. The highest BCUT2D eigenvalue weighted by Gasteiger charge is 2.08. The molecule has 88 valence electrons. The van der Waals surface area contributed by atoms with Crippen molar-refractivity contribution in [1.29, 1.82) is 5.26 Å². The summed E-state index contributed by atoms with van der Waals surface area (Å²) in [6, 6.07) is 14.0. The summed E-state index contributed by atoms with van der Waals surface area (Å²) < 4.78 is 4.69. The topological polar surface area (TPSA) is 76.1 Å². The summed E-state index contributed by atoms with van der Waals surface area (Å²) in [5.74, 6) is -0.0132. The highest BCUT2D eigenvalue weighted by molar-refractivity contribution is 5.99. The molecule has 0 atom stereocenters. The molecule has 0 heterocycles. The molecule has 18 heavy (non-hydrogen) atoms. The van der Waals surface area contributed by atoms with Gasteiger partial charge in [-0.05, 0) is 29.3 Å². The molecule has 0 aliphatic heterocycles. The molecule has 0 aromatic heterocycles. The van der Waals surface area contributed by atoms with Crippen molar-refractivity contribution in [2.75, 3.05) is 0 Å². The van der Waals surface area contributed by atoms with Crippen LogP contribution in [0, 0.1) is 11.5 Å². The van der Waals surface area contributed by atoms with Crippen LogP contribution in [0.1, 0.15) is 10.4 Å². The summed E-state index contributed by atoms with van der Waals surface area (Å²) in [5.41, 5.74) is 7.39. The summed E-state index contributed by atoms with van der Waals surface area (Å²) in [6.45, 7) is 0. The molecule has 0 spiro atoms. The fourth-order valence-corrected chi connectivity index (χ4v) is 1.70. The van der Waals surface area contributed by atoms with Crippen LogP contribution < -0.4 is 10.5 Å². The number of primary amides is 1. The van der Waals surface area contributed by atoms with Gasteiger partial charge in [0.2, 0.25) is 5.91 Å². The first-order valence-corrected chi connectivity index (χ1v) is 5.27. The maximum Gasteiger partial charge on any atom is 0.292 e. The largest absolute Gasteiger partial charge is 0.388 e. The Kier molecular flexibility index (Phi) is 3.26. The maximum absolute atomic E-state index is 11.3. The molecule has 4 nitrogen and oxygen atoms in total. The van der Waals surface area contributed by atoms with E-state index in [1.54, 1.807) is 42.7 Å². The number of nitrogens with zero attached hydrogens (tertiary/aromatic N) is 1. The molecule has 0 radical (unpaired) electrons. The molecular weight excluding hydrogens is 228 g/mol. The van der Waals surface area contributed by atoms with Crippen LogP contribution in [0.4, 0.5) is 0 Å². The third-order valence-electron chi connectivity index (χ3n) is 2.52. The van der Waals surface area contributed by atoms with Crippen LogP contribution in [-0.2, 0) is 0 Å². The predicted molar refractivity (Wildman–Crippen MR) is 66.6 cm³/mol. The van der Waals surface area contributed by atoms with Crippen LogP contribution in [0.3, 0.4) is 0 Å². The van der Waals surface area contributed by atoms with Crippen molar-refractivity contribution < 1.29 is 9.53 Å². The van der Waals surface area contributed by atoms with Gasteiger partial charge in [-0.1, -0.05) is 30.3 Å². The lowest BCUT2D eigenvalue weighted by Gasteiger charge is -2.06. The molecule has 2 rings (SSSR count). The Labute approximate surface area is 104 Å². The lowest BCUT2D eigenvalue weighted by molar-refractivity contribution is 0.100. The third kappa shape index (κ3) is 2.30. The van der Waals surface area contributed by atoms with Crippen molar-refractivity contribution in [3.63, 3.8) is 0 Å². The van der Waals surface area contributed by atoms with E-state index in [1.807, 2.05) is 12.1 Å². The van der Waals surface area contributed by atoms with Crippen LogP contribution in [0.5, 0.6) is 5.75 Å². The molecule has 0 saturated heterocycles. The lowest BCUT2D eigenvalue weighted by Crippen LogP contribution is -2.12. The van der Waals surface area contributed by atoms with E-state index in [-0.39, 0.29) is 0 Å². The van der Waals surface area contributed by atoms with Gasteiger partial charge in [-0.15, -0.1) is 5.26 Å². The number of carbonyl (C=O) groups is 1. The zero-order chi connectivity index (χ0) is 13.0. The van der Waals surface area contributed by atoms with Gasteiger partial charge in [-0.3, -0.25) is 4.79 Å². The molecule has 0 aliphatic carbocycles.